The summed E-state index contributed by atoms with van der Waals surface area (Å²) in [6, 6.07) is 4.97. The first-order chi connectivity index (χ1) is 10.8. The molecule has 1 aromatic carbocycles. The van der Waals surface area contributed by atoms with Crippen LogP contribution < -0.4 is 5.32 Å². The molecule has 1 heterocycles. The Hall–Kier alpha value is -2.30. The van der Waals surface area contributed by atoms with Gasteiger partial charge in [0.25, 0.3) is 5.91 Å². The van der Waals surface area contributed by atoms with Crippen molar-refractivity contribution >= 4 is 5.91 Å². The molecule has 0 saturated carbocycles. The molecule has 5 heteroatoms. The monoisotopic (exact) mass is 315 g/mol. The van der Waals surface area contributed by atoms with E-state index in [1.165, 1.54) is 18.5 Å². The zero-order valence-corrected chi connectivity index (χ0v) is 14.0. The van der Waals surface area contributed by atoms with Crippen molar-refractivity contribution in [3.63, 3.8) is 0 Å². The summed E-state index contributed by atoms with van der Waals surface area (Å²) in [4.78, 5) is 20.5. The molecule has 0 atom stereocenters. The van der Waals surface area contributed by atoms with Crippen molar-refractivity contribution in [2.75, 3.05) is 6.54 Å². The van der Waals surface area contributed by atoms with Crippen LogP contribution in [-0.4, -0.2) is 22.4 Å². The SMILES string of the molecule is Cc1ccc(F)c(CCNC(=O)c2cnc(C(C)(C)C)nc2)c1. The number of carbonyl (C=O) groups excluding carboxylic acids is 1. The summed E-state index contributed by atoms with van der Waals surface area (Å²) in [7, 11) is 0. The van der Waals surface area contributed by atoms with Crippen molar-refractivity contribution in [3.05, 3.63) is 58.9 Å². The molecule has 0 fully saturated rings. The molecular formula is C18H22FN3O. The van der Waals surface area contributed by atoms with E-state index in [4.69, 9.17) is 0 Å². The van der Waals surface area contributed by atoms with E-state index in [2.05, 4.69) is 15.3 Å². The molecule has 0 spiro atoms. The highest BCUT2D eigenvalue weighted by molar-refractivity contribution is 5.93. The number of nitrogens with zero attached hydrogens (tertiary/aromatic N) is 2. The number of hydrogen-bond donors (Lipinski definition) is 1. The molecule has 122 valence electrons. The fourth-order valence-electron chi connectivity index (χ4n) is 2.14. The van der Waals surface area contributed by atoms with Crippen molar-refractivity contribution in [1.29, 1.82) is 0 Å². The number of benzene rings is 1. The Balaban J connectivity index is 1.93. The minimum absolute atomic E-state index is 0.155. The van der Waals surface area contributed by atoms with Crippen molar-refractivity contribution in [3.8, 4) is 0 Å². The molecule has 0 radical (unpaired) electrons. The summed E-state index contributed by atoms with van der Waals surface area (Å²) in [5.41, 5.74) is 1.85. The molecule has 2 aromatic rings. The van der Waals surface area contributed by atoms with Crippen molar-refractivity contribution in [2.45, 2.75) is 39.5 Å². The molecule has 0 unspecified atom stereocenters. The van der Waals surface area contributed by atoms with Crippen LogP contribution in [-0.2, 0) is 11.8 Å². The predicted molar refractivity (Wildman–Crippen MR) is 87.9 cm³/mol. The molecule has 1 amide bonds. The van der Waals surface area contributed by atoms with Crippen LogP contribution in [0.15, 0.2) is 30.6 Å². The van der Waals surface area contributed by atoms with E-state index in [9.17, 15) is 9.18 Å². The van der Waals surface area contributed by atoms with Crippen molar-refractivity contribution in [1.82, 2.24) is 15.3 Å². The van der Waals surface area contributed by atoms with Crippen LogP contribution in [0.25, 0.3) is 0 Å². The van der Waals surface area contributed by atoms with Crippen LogP contribution in [0.3, 0.4) is 0 Å². The fourth-order valence-corrected chi connectivity index (χ4v) is 2.14. The average molecular weight is 315 g/mol. The van der Waals surface area contributed by atoms with Crippen LogP contribution in [0.1, 0.15) is 48.1 Å². The predicted octanol–water partition coefficient (Wildman–Crippen LogP) is 3.19. The second-order valence-corrected chi connectivity index (χ2v) is 6.65. The maximum absolute atomic E-state index is 13.6. The second-order valence-electron chi connectivity index (χ2n) is 6.65. The van der Waals surface area contributed by atoms with Gasteiger partial charge in [-0.2, -0.15) is 0 Å². The Morgan fingerprint density at radius 3 is 2.48 bits per heavy atom. The van der Waals surface area contributed by atoms with Gasteiger partial charge in [-0.15, -0.1) is 0 Å². The number of carbonyl (C=O) groups is 1. The quantitative estimate of drug-likeness (QED) is 0.942. The number of amides is 1. The molecule has 0 aliphatic carbocycles. The van der Waals surface area contributed by atoms with Gasteiger partial charge < -0.3 is 5.32 Å². The minimum atomic E-state index is -0.251. The lowest BCUT2D eigenvalue weighted by atomic mass is 9.96. The number of halogens is 1. The molecule has 4 nitrogen and oxygen atoms in total. The smallest absolute Gasteiger partial charge is 0.254 e. The molecule has 0 bridgehead atoms. The van der Waals surface area contributed by atoms with Crippen molar-refractivity contribution in [2.24, 2.45) is 0 Å². The molecule has 0 aliphatic rings. The highest BCUT2D eigenvalue weighted by Crippen LogP contribution is 2.17. The zero-order valence-electron chi connectivity index (χ0n) is 14.0. The molecule has 1 aromatic heterocycles. The fraction of sp³-hybridized carbons (Fsp3) is 0.389. The maximum Gasteiger partial charge on any atom is 0.254 e. The summed E-state index contributed by atoms with van der Waals surface area (Å²) in [6.45, 7) is 8.31. The highest BCUT2D eigenvalue weighted by Gasteiger charge is 2.17. The average Bonchev–Trinajstić information content (AvgIpc) is 2.50. The number of aryl methyl sites for hydroxylation is 1. The normalized spacial score (nSPS) is 11.3. The van der Waals surface area contributed by atoms with E-state index in [1.807, 2.05) is 27.7 Å². The third kappa shape index (κ3) is 4.58. The van der Waals surface area contributed by atoms with Crippen LogP contribution in [0.2, 0.25) is 0 Å². The van der Waals surface area contributed by atoms with Gasteiger partial charge in [0, 0.05) is 24.4 Å². The summed E-state index contributed by atoms with van der Waals surface area (Å²) in [5.74, 6) is 0.192. The van der Waals surface area contributed by atoms with E-state index < -0.39 is 0 Å². The Kier molecular flexibility index (Phi) is 5.08. The lowest BCUT2D eigenvalue weighted by Gasteiger charge is -2.16. The lowest BCUT2D eigenvalue weighted by molar-refractivity contribution is 0.0953. The van der Waals surface area contributed by atoms with Gasteiger partial charge in [-0.05, 0) is 25.0 Å². The van der Waals surface area contributed by atoms with Gasteiger partial charge >= 0.3 is 0 Å². The third-order valence-corrected chi connectivity index (χ3v) is 3.47. The Bertz CT molecular complexity index is 690. The maximum atomic E-state index is 13.6. The number of aromatic nitrogens is 2. The van der Waals surface area contributed by atoms with Gasteiger partial charge in [0.2, 0.25) is 0 Å². The van der Waals surface area contributed by atoms with Gasteiger partial charge in [-0.3, -0.25) is 4.79 Å². The standard InChI is InChI=1S/C18H22FN3O/c1-12-5-6-15(19)13(9-12)7-8-20-16(23)14-10-21-17(22-11-14)18(2,3)4/h5-6,9-11H,7-8H2,1-4H3,(H,20,23). The summed E-state index contributed by atoms with van der Waals surface area (Å²) < 4.78 is 13.6. The Labute approximate surface area is 136 Å². The van der Waals surface area contributed by atoms with Crippen LogP contribution in [0.5, 0.6) is 0 Å². The van der Waals surface area contributed by atoms with E-state index in [-0.39, 0.29) is 17.1 Å². The van der Waals surface area contributed by atoms with E-state index >= 15 is 0 Å². The van der Waals surface area contributed by atoms with Crippen molar-refractivity contribution < 1.29 is 9.18 Å². The van der Waals surface area contributed by atoms with Gasteiger partial charge in [-0.25, -0.2) is 14.4 Å². The van der Waals surface area contributed by atoms with Crippen LogP contribution in [0, 0.1) is 12.7 Å². The summed E-state index contributed by atoms with van der Waals surface area (Å²) in [6.07, 6.45) is 3.49. The molecule has 2 rings (SSSR count). The van der Waals surface area contributed by atoms with E-state index in [1.54, 1.807) is 12.1 Å². The number of hydrogen-bond acceptors (Lipinski definition) is 3. The van der Waals surface area contributed by atoms with Gasteiger partial charge in [-0.1, -0.05) is 38.5 Å². The first-order valence-corrected chi connectivity index (χ1v) is 7.63. The summed E-state index contributed by atoms with van der Waals surface area (Å²) >= 11 is 0. The molecule has 0 saturated heterocycles. The first-order valence-electron chi connectivity index (χ1n) is 7.63. The van der Waals surface area contributed by atoms with E-state index in [0.717, 1.165) is 5.56 Å². The van der Waals surface area contributed by atoms with Crippen LogP contribution in [0.4, 0.5) is 4.39 Å². The molecule has 23 heavy (non-hydrogen) atoms. The van der Waals surface area contributed by atoms with Gasteiger partial charge in [0.1, 0.15) is 11.6 Å². The first kappa shape index (κ1) is 17.1. The molecule has 0 aliphatic heterocycles. The van der Waals surface area contributed by atoms with Gasteiger partial charge in [0.15, 0.2) is 0 Å². The second kappa shape index (κ2) is 6.86. The van der Waals surface area contributed by atoms with Crippen LogP contribution >= 0.6 is 0 Å². The molecule has 1 N–H and O–H groups in total. The number of rotatable bonds is 4. The number of nitrogens with one attached hydrogen (secondary N) is 1. The zero-order chi connectivity index (χ0) is 17.0. The topological polar surface area (TPSA) is 54.9 Å². The Morgan fingerprint density at radius 1 is 1.22 bits per heavy atom. The van der Waals surface area contributed by atoms with Gasteiger partial charge in [0.05, 0.1) is 5.56 Å². The minimum Gasteiger partial charge on any atom is -0.352 e. The van der Waals surface area contributed by atoms with E-state index in [0.29, 0.717) is 29.9 Å². The molecular weight excluding hydrogens is 293 g/mol. The summed E-state index contributed by atoms with van der Waals surface area (Å²) in [5, 5.41) is 2.77. The highest BCUT2D eigenvalue weighted by atomic mass is 19.1. The Morgan fingerprint density at radius 2 is 1.87 bits per heavy atom. The largest absolute Gasteiger partial charge is 0.352 e. The third-order valence-electron chi connectivity index (χ3n) is 3.47. The lowest BCUT2D eigenvalue weighted by Crippen LogP contribution is -2.27.